The van der Waals surface area contributed by atoms with Crippen LogP contribution in [0.2, 0.25) is 0 Å². The maximum atomic E-state index is 12.0. The van der Waals surface area contributed by atoms with Crippen molar-refractivity contribution in [1.29, 1.82) is 0 Å². The van der Waals surface area contributed by atoms with Gasteiger partial charge in [-0.1, -0.05) is 0 Å². The molecule has 20 heavy (non-hydrogen) atoms. The maximum Gasteiger partial charge on any atom is 0.241 e. The number of carbonyl (C=O) groups is 2. The Morgan fingerprint density at radius 3 is 3.00 bits per heavy atom. The first-order valence-electron chi connectivity index (χ1n) is 6.70. The quantitative estimate of drug-likeness (QED) is 0.705. The second kappa shape index (κ2) is 6.47. The van der Waals surface area contributed by atoms with Crippen molar-refractivity contribution < 1.29 is 9.59 Å². The summed E-state index contributed by atoms with van der Waals surface area (Å²) in [6, 6.07) is 0. The third-order valence-corrected chi connectivity index (χ3v) is 3.51. The second-order valence-corrected chi connectivity index (χ2v) is 4.96. The highest BCUT2D eigenvalue weighted by Crippen LogP contribution is 2.24. The Balaban J connectivity index is 1.92. The first-order chi connectivity index (χ1) is 9.61. The number of nitrogens with one attached hydrogen (secondary N) is 1. The predicted octanol–water partition coefficient (Wildman–Crippen LogP) is -1.40. The van der Waals surface area contributed by atoms with Gasteiger partial charge < -0.3 is 20.5 Å². The Kier molecular flexibility index (Phi) is 4.67. The largest absolute Gasteiger partial charge is 0.346 e. The zero-order chi connectivity index (χ0) is 14.5. The fraction of sp³-hybridized carbons (Fsp3) is 0.667. The van der Waals surface area contributed by atoms with Gasteiger partial charge in [-0.05, 0) is 12.8 Å². The molecular formula is C12H20N6O2. The third-order valence-electron chi connectivity index (χ3n) is 3.51. The lowest BCUT2D eigenvalue weighted by atomic mass is 9.97. The highest BCUT2D eigenvalue weighted by Gasteiger charge is 2.27. The number of piperidine rings is 1. The van der Waals surface area contributed by atoms with E-state index in [4.69, 9.17) is 5.73 Å². The molecule has 1 saturated heterocycles. The van der Waals surface area contributed by atoms with Crippen molar-refractivity contribution in [2.75, 3.05) is 26.2 Å². The highest BCUT2D eigenvalue weighted by molar-refractivity contribution is 5.85. The first-order valence-corrected chi connectivity index (χ1v) is 6.70. The van der Waals surface area contributed by atoms with Crippen molar-refractivity contribution in [3.8, 4) is 0 Å². The Morgan fingerprint density at radius 1 is 1.55 bits per heavy atom. The van der Waals surface area contributed by atoms with E-state index in [1.807, 2.05) is 11.6 Å². The van der Waals surface area contributed by atoms with E-state index in [-0.39, 0.29) is 30.8 Å². The van der Waals surface area contributed by atoms with Crippen LogP contribution in [0.25, 0.3) is 0 Å². The van der Waals surface area contributed by atoms with Gasteiger partial charge >= 0.3 is 0 Å². The number of aryl methyl sites for hydroxylation is 1. The maximum absolute atomic E-state index is 12.0. The molecule has 0 bridgehead atoms. The molecule has 8 heteroatoms. The summed E-state index contributed by atoms with van der Waals surface area (Å²) in [5, 5.41) is 10.5. The molecule has 1 fully saturated rings. The molecule has 8 nitrogen and oxygen atoms in total. The average Bonchev–Trinajstić information content (AvgIpc) is 2.90. The average molecular weight is 280 g/mol. The van der Waals surface area contributed by atoms with Crippen molar-refractivity contribution in [1.82, 2.24) is 25.0 Å². The van der Waals surface area contributed by atoms with E-state index in [9.17, 15) is 9.59 Å². The van der Waals surface area contributed by atoms with E-state index >= 15 is 0 Å². The summed E-state index contributed by atoms with van der Waals surface area (Å²) in [6.45, 7) is 1.23. The van der Waals surface area contributed by atoms with Gasteiger partial charge in [0.1, 0.15) is 12.2 Å². The summed E-state index contributed by atoms with van der Waals surface area (Å²) >= 11 is 0. The van der Waals surface area contributed by atoms with Gasteiger partial charge in [0.25, 0.3) is 0 Å². The van der Waals surface area contributed by atoms with Gasteiger partial charge in [0.2, 0.25) is 11.8 Å². The minimum Gasteiger partial charge on any atom is -0.346 e. The lowest BCUT2D eigenvalue weighted by molar-refractivity contribution is -0.133. The number of hydrogen-bond donors (Lipinski definition) is 2. The van der Waals surface area contributed by atoms with Crippen molar-refractivity contribution in [3.63, 3.8) is 0 Å². The van der Waals surface area contributed by atoms with Gasteiger partial charge in [-0.2, -0.15) is 0 Å². The topological polar surface area (TPSA) is 106 Å². The molecule has 1 aliphatic rings. The number of likely N-dealkylation sites (tertiary alicyclic amines) is 1. The summed E-state index contributed by atoms with van der Waals surface area (Å²) < 4.78 is 1.88. The second-order valence-electron chi connectivity index (χ2n) is 4.96. The van der Waals surface area contributed by atoms with Crippen LogP contribution in [-0.4, -0.2) is 57.7 Å². The van der Waals surface area contributed by atoms with Crippen LogP contribution in [-0.2, 0) is 16.6 Å². The Morgan fingerprint density at radius 2 is 2.35 bits per heavy atom. The van der Waals surface area contributed by atoms with Crippen LogP contribution in [0.5, 0.6) is 0 Å². The molecule has 0 radical (unpaired) electrons. The van der Waals surface area contributed by atoms with Crippen molar-refractivity contribution in [3.05, 3.63) is 12.2 Å². The number of rotatable bonds is 4. The standard InChI is InChI=1S/C12H20N6O2/c1-17-8-15-16-12(17)9-3-2-4-18(7-9)11(20)6-14-10(19)5-13/h8-9H,2-7,13H2,1H3,(H,14,19). The van der Waals surface area contributed by atoms with E-state index < -0.39 is 0 Å². The van der Waals surface area contributed by atoms with Gasteiger partial charge in [0.05, 0.1) is 13.1 Å². The van der Waals surface area contributed by atoms with Crippen molar-refractivity contribution >= 4 is 11.8 Å². The molecule has 0 aromatic carbocycles. The van der Waals surface area contributed by atoms with E-state index in [0.717, 1.165) is 18.7 Å². The molecule has 1 aromatic heterocycles. The molecule has 2 rings (SSSR count). The summed E-state index contributed by atoms with van der Waals surface area (Å²) in [5.74, 6) is 0.692. The number of nitrogens with zero attached hydrogens (tertiary/aromatic N) is 4. The summed E-state index contributed by atoms with van der Waals surface area (Å²) in [6.07, 6.45) is 3.58. The van der Waals surface area contributed by atoms with Gasteiger partial charge in [-0.15, -0.1) is 10.2 Å². The van der Waals surface area contributed by atoms with E-state index in [0.29, 0.717) is 13.1 Å². The van der Waals surface area contributed by atoms with Crippen LogP contribution in [0, 0.1) is 0 Å². The van der Waals surface area contributed by atoms with Crippen LogP contribution in [0.4, 0.5) is 0 Å². The third kappa shape index (κ3) is 3.32. The Bertz CT molecular complexity index is 486. The zero-order valence-corrected chi connectivity index (χ0v) is 11.6. The van der Waals surface area contributed by atoms with E-state index in [1.165, 1.54) is 0 Å². The van der Waals surface area contributed by atoms with Crippen LogP contribution >= 0.6 is 0 Å². The molecule has 0 spiro atoms. The minimum atomic E-state index is -0.319. The fourth-order valence-corrected chi connectivity index (χ4v) is 2.43. The van der Waals surface area contributed by atoms with Crippen molar-refractivity contribution in [2.24, 2.45) is 12.8 Å². The smallest absolute Gasteiger partial charge is 0.241 e. The Hall–Kier alpha value is -1.96. The lowest BCUT2D eigenvalue weighted by Crippen LogP contribution is -2.45. The van der Waals surface area contributed by atoms with Gasteiger partial charge in [0.15, 0.2) is 0 Å². The molecule has 3 N–H and O–H groups in total. The molecule has 1 aliphatic heterocycles. The normalized spacial score (nSPS) is 18.9. The monoisotopic (exact) mass is 280 g/mol. The van der Waals surface area contributed by atoms with Crippen LogP contribution < -0.4 is 11.1 Å². The van der Waals surface area contributed by atoms with Gasteiger partial charge in [-0.25, -0.2) is 0 Å². The highest BCUT2D eigenvalue weighted by atomic mass is 16.2. The number of carbonyl (C=O) groups excluding carboxylic acids is 2. The lowest BCUT2D eigenvalue weighted by Gasteiger charge is -2.32. The Labute approximate surface area is 117 Å². The molecule has 0 saturated carbocycles. The fourth-order valence-electron chi connectivity index (χ4n) is 2.43. The first kappa shape index (κ1) is 14.4. The van der Waals surface area contributed by atoms with Gasteiger partial charge in [-0.3, -0.25) is 9.59 Å². The number of amides is 2. The van der Waals surface area contributed by atoms with Crippen LogP contribution in [0.3, 0.4) is 0 Å². The van der Waals surface area contributed by atoms with Gasteiger partial charge in [0, 0.05) is 26.1 Å². The van der Waals surface area contributed by atoms with Crippen LogP contribution in [0.15, 0.2) is 6.33 Å². The van der Waals surface area contributed by atoms with E-state index in [1.54, 1.807) is 11.2 Å². The van der Waals surface area contributed by atoms with Crippen molar-refractivity contribution in [2.45, 2.75) is 18.8 Å². The SMILES string of the molecule is Cn1cnnc1C1CCCN(C(=O)CNC(=O)CN)C1. The summed E-state index contributed by atoms with van der Waals surface area (Å²) in [5.41, 5.74) is 5.18. The summed E-state index contributed by atoms with van der Waals surface area (Å²) in [7, 11) is 1.90. The molecule has 2 heterocycles. The molecule has 0 aliphatic carbocycles. The molecule has 1 aromatic rings. The van der Waals surface area contributed by atoms with Crippen LogP contribution in [0.1, 0.15) is 24.6 Å². The number of aromatic nitrogens is 3. The number of nitrogens with two attached hydrogens (primary N) is 1. The predicted molar refractivity (Wildman–Crippen MR) is 71.6 cm³/mol. The molecular weight excluding hydrogens is 260 g/mol. The molecule has 1 atom stereocenters. The minimum absolute atomic E-state index is 0.00156. The molecule has 1 unspecified atom stereocenters. The van der Waals surface area contributed by atoms with E-state index in [2.05, 4.69) is 15.5 Å². The number of hydrogen-bond acceptors (Lipinski definition) is 5. The summed E-state index contributed by atoms with van der Waals surface area (Å²) in [4.78, 5) is 24.9. The molecule has 110 valence electrons. The molecule has 2 amide bonds. The zero-order valence-electron chi connectivity index (χ0n) is 11.6.